The predicted molar refractivity (Wildman–Crippen MR) is 209 cm³/mol. The lowest BCUT2D eigenvalue weighted by molar-refractivity contribution is 0.725. The molecule has 50 heavy (non-hydrogen) atoms. The van der Waals surface area contributed by atoms with Crippen molar-refractivity contribution in [1.29, 1.82) is 0 Å². The predicted octanol–water partition coefficient (Wildman–Crippen LogP) is 12.3. The highest BCUT2D eigenvalue weighted by Crippen LogP contribution is 2.54. The molecule has 2 nitrogen and oxygen atoms in total. The van der Waals surface area contributed by atoms with Crippen molar-refractivity contribution in [3.8, 4) is 39.1 Å². The first kappa shape index (κ1) is 28.6. The maximum atomic E-state index is 2.55. The standard InChI is InChI=1S/C48H34N2/c1-3-14-33(15-4-1)36-18-13-19-38(32-36)50-44-25-12-10-23-42(44)48-46(50)31-30-45-47(48)41-22-9-11-24-43(41)49(45)37-28-26-35(27-29-37)40-21-8-7-20-39(40)34-16-5-2-6-17-34/h1-32,45,47H. The van der Waals surface area contributed by atoms with E-state index in [0.717, 1.165) is 0 Å². The summed E-state index contributed by atoms with van der Waals surface area (Å²) in [6.07, 6.45) is 4.80. The molecule has 2 heterocycles. The Labute approximate surface area is 292 Å². The van der Waals surface area contributed by atoms with Gasteiger partial charge in [0.2, 0.25) is 0 Å². The number of hydrogen-bond donors (Lipinski definition) is 0. The fourth-order valence-corrected chi connectivity index (χ4v) is 8.40. The number of para-hydroxylation sites is 2. The van der Waals surface area contributed by atoms with E-state index in [4.69, 9.17) is 0 Å². The molecule has 1 aliphatic heterocycles. The highest BCUT2D eigenvalue weighted by atomic mass is 15.2. The number of rotatable bonds is 5. The van der Waals surface area contributed by atoms with Crippen LogP contribution in [0.1, 0.15) is 22.7 Å². The third-order valence-electron chi connectivity index (χ3n) is 10.6. The summed E-state index contributed by atoms with van der Waals surface area (Å²) >= 11 is 0. The van der Waals surface area contributed by atoms with Gasteiger partial charge < -0.3 is 9.47 Å². The summed E-state index contributed by atoms with van der Waals surface area (Å²) in [7, 11) is 0. The molecule has 2 atom stereocenters. The molecule has 236 valence electrons. The highest BCUT2D eigenvalue weighted by Gasteiger charge is 2.43. The molecule has 10 rings (SSSR count). The van der Waals surface area contributed by atoms with Crippen molar-refractivity contribution in [2.24, 2.45) is 0 Å². The van der Waals surface area contributed by atoms with Gasteiger partial charge >= 0.3 is 0 Å². The summed E-state index contributed by atoms with van der Waals surface area (Å²) in [4.78, 5) is 2.55. The van der Waals surface area contributed by atoms with Crippen LogP contribution in [0.3, 0.4) is 0 Å². The fraction of sp³-hybridized carbons (Fsp3) is 0.0417. The molecule has 7 aromatic carbocycles. The molecule has 0 saturated carbocycles. The summed E-state index contributed by atoms with van der Waals surface area (Å²) in [5.74, 6) is 0.202. The normalized spacial score (nSPS) is 15.9. The van der Waals surface area contributed by atoms with E-state index in [-0.39, 0.29) is 12.0 Å². The number of hydrogen-bond acceptors (Lipinski definition) is 1. The fourth-order valence-electron chi connectivity index (χ4n) is 8.40. The monoisotopic (exact) mass is 638 g/mol. The Balaban J connectivity index is 1.08. The van der Waals surface area contributed by atoms with Gasteiger partial charge in [-0.25, -0.2) is 0 Å². The second-order valence-electron chi connectivity index (χ2n) is 13.3. The lowest BCUT2D eigenvalue weighted by atomic mass is 9.82. The van der Waals surface area contributed by atoms with Crippen LogP contribution in [0.15, 0.2) is 188 Å². The van der Waals surface area contributed by atoms with E-state index < -0.39 is 0 Å². The SMILES string of the molecule is C1=CC2C(c3ccccc3N2c2ccc(-c3ccccc3-c3ccccc3)cc2)c2c1n(-c1cccc(-c3ccccc3)c1)c1ccccc21. The van der Waals surface area contributed by atoms with Crippen molar-refractivity contribution in [2.75, 3.05) is 4.90 Å². The van der Waals surface area contributed by atoms with Crippen LogP contribution in [0.4, 0.5) is 11.4 Å². The lowest BCUT2D eigenvalue weighted by Crippen LogP contribution is -2.30. The van der Waals surface area contributed by atoms with Gasteiger partial charge in [-0.3, -0.25) is 0 Å². The van der Waals surface area contributed by atoms with E-state index in [2.05, 4.69) is 204 Å². The first-order chi connectivity index (χ1) is 24.8. The maximum absolute atomic E-state index is 2.55. The summed E-state index contributed by atoms with van der Waals surface area (Å²) in [6.45, 7) is 0. The number of anilines is 2. The molecule has 2 aliphatic rings. The van der Waals surface area contributed by atoms with Gasteiger partial charge in [0.05, 0.1) is 17.3 Å². The summed E-state index contributed by atoms with van der Waals surface area (Å²) in [5, 5.41) is 1.32. The van der Waals surface area contributed by atoms with Crippen LogP contribution < -0.4 is 4.90 Å². The first-order valence-electron chi connectivity index (χ1n) is 17.4. The van der Waals surface area contributed by atoms with Gasteiger partial charge in [0.15, 0.2) is 0 Å². The first-order valence-corrected chi connectivity index (χ1v) is 17.4. The molecule has 0 amide bonds. The molecule has 2 unspecified atom stereocenters. The zero-order valence-corrected chi connectivity index (χ0v) is 27.5. The molecule has 0 saturated heterocycles. The molecule has 8 aromatic rings. The molecule has 0 radical (unpaired) electrons. The van der Waals surface area contributed by atoms with Crippen molar-refractivity contribution in [3.63, 3.8) is 0 Å². The Hall–Kier alpha value is -6.38. The van der Waals surface area contributed by atoms with Crippen molar-refractivity contribution in [1.82, 2.24) is 4.57 Å². The molecule has 0 fully saturated rings. The average Bonchev–Trinajstić information content (AvgIpc) is 3.72. The van der Waals surface area contributed by atoms with Crippen molar-refractivity contribution in [3.05, 3.63) is 205 Å². The van der Waals surface area contributed by atoms with E-state index in [0.29, 0.717) is 0 Å². The molecule has 0 bridgehead atoms. The number of nitrogens with zero attached hydrogens (tertiary/aromatic N) is 2. The van der Waals surface area contributed by atoms with Gasteiger partial charge in [-0.2, -0.15) is 0 Å². The van der Waals surface area contributed by atoms with Gasteiger partial charge in [-0.05, 0) is 87.0 Å². The van der Waals surface area contributed by atoms with Crippen LogP contribution in [0, 0.1) is 0 Å². The molecule has 2 heteroatoms. The zero-order valence-electron chi connectivity index (χ0n) is 27.5. The van der Waals surface area contributed by atoms with Crippen LogP contribution in [-0.2, 0) is 0 Å². The Kier molecular flexibility index (Phi) is 6.67. The molecule has 0 spiro atoms. The van der Waals surface area contributed by atoms with Gasteiger partial charge in [-0.1, -0.05) is 152 Å². The number of aromatic nitrogens is 1. The lowest BCUT2D eigenvalue weighted by Gasteiger charge is -2.31. The van der Waals surface area contributed by atoms with E-state index in [1.54, 1.807) is 0 Å². The summed E-state index contributed by atoms with van der Waals surface area (Å²) < 4.78 is 2.47. The molecular weight excluding hydrogens is 605 g/mol. The average molecular weight is 639 g/mol. The summed E-state index contributed by atoms with van der Waals surface area (Å²) in [6, 6.07) is 66.3. The minimum Gasteiger partial charge on any atom is -0.333 e. The van der Waals surface area contributed by atoms with Crippen molar-refractivity contribution < 1.29 is 0 Å². The second-order valence-corrected chi connectivity index (χ2v) is 13.3. The molecular formula is C48H34N2. The van der Waals surface area contributed by atoms with Crippen LogP contribution in [0.25, 0.3) is 56.0 Å². The van der Waals surface area contributed by atoms with Crippen LogP contribution in [0.2, 0.25) is 0 Å². The minimum absolute atomic E-state index is 0.164. The number of fused-ring (bicyclic) bond motifs is 7. The Morgan fingerprint density at radius 2 is 1.06 bits per heavy atom. The quantitative estimate of drug-likeness (QED) is 0.182. The van der Waals surface area contributed by atoms with Crippen molar-refractivity contribution >= 4 is 28.4 Å². The van der Waals surface area contributed by atoms with Gasteiger partial charge in [0.25, 0.3) is 0 Å². The van der Waals surface area contributed by atoms with Crippen LogP contribution in [0.5, 0.6) is 0 Å². The topological polar surface area (TPSA) is 8.17 Å². The Morgan fingerprint density at radius 1 is 0.440 bits per heavy atom. The minimum atomic E-state index is 0.164. The van der Waals surface area contributed by atoms with Gasteiger partial charge in [0.1, 0.15) is 0 Å². The van der Waals surface area contributed by atoms with Crippen LogP contribution in [-0.4, -0.2) is 10.6 Å². The Bertz CT molecular complexity index is 2540. The van der Waals surface area contributed by atoms with Crippen LogP contribution >= 0.6 is 0 Å². The number of benzene rings is 7. The Morgan fingerprint density at radius 3 is 1.84 bits per heavy atom. The smallest absolute Gasteiger partial charge is 0.0637 e. The van der Waals surface area contributed by atoms with Gasteiger partial charge in [-0.15, -0.1) is 0 Å². The molecule has 1 aliphatic carbocycles. The van der Waals surface area contributed by atoms with E-state index in [1.165, 1.54) is 78.2 Å². The third kappa shape index (κ3) is 4.49. The molecule has 1 aromatic heterocycles. The van der Waals surface area contributed by atoms with Crippen molar-refractivity contribution in [2.45, 2.75) is 12.0 Å². The highest BCUT2D eigenvalue weighted by molar-refractivity contribution is 5.95. The van der Waals surface area contributed by atoms with E-state index in [9.17, 15) is 0 Å². The second kappa shape index (κ2) is 11.6. The largest absolute Gasteiger partial charge is 0.333 e. The molecule has 0 N–H and O–H groups in total. The van der Waals surface area contributed by atoms with E-state index in [1.807, 2.05) is 0 Å². The maximum Gasteiger partial charge on any atom is 0.0637 e. The van der Waals surface area contributed by atoms with Gasteiger partial charge in [0, 0.05) is 28.4 Å². The summed E-state index contributed by atoms with van der Waals surface area (Å²) in [5.41, 5.74) is 16.4. The zero-order chi connectivity index (χ0) is 33.0. The third-order valence-corrected chi connectivity index (χ3v) is 10.6. The van der Waals surface area contributed by atoms with E-state index >= 15 is 0 Å².